The lowest BCUT2D eigenvalue weighted by molar-refractivity contribution is 0.0939. The second-order valence-electron chi connectivity index (χ2n) is 3.63. The molecule has 16 heavy (non-hydrogen) atoms. The molecule has 1 atom stereocenters. The first-order valence-corrected chi connectivity index (χ1v) is 5.60. The van der Waals surface area contributed by atoms with Crippen LogP contribution in [0.3, 0.4) is 0 Å². The maximum atomic E-state index is 11.8. The average molecular weight is 242 g/mol. The summed E-state index contributed by atoms with van der Waals surface area (Å²) < 4.78 is 5.02. The summed E-state index contributed by atoms with van der Waals surface area (Å²) in [5, 5.41) is 3.26. The molecule has 0 aliphatic rings. The normalized spacial score (nSPS) is 12.0. The van der Waals surface area contributed by atoms with E-state index in [1.54, 1.807) is 25.3 Å². The van der Waals surface area contributed by atoms with E-state index in [-0.39, 0.29) is 11.9 Å². The summed E-state index contributed by atoms with van der Waals surface area (Å²) >= 11 is 5.99. The zero-order chi connectivity index (χ0) is 12.1. The third kappa shape index (κ3) is 3.14. The second kappa shape index (κ2) is 5.75. The molecule has 0 spiro atoms. The van der Waals surface area contributed by atoms with Gasteiger partial charge in [-0.05, 0) is 31.5 Å². The quantitative estimate of drug-likeness (QED) is 0.880. The Balaban J connectivity index is 2.84. The lowest BCUT2D eigenvalue weighted by Gasteiger charge is -2.12. The van der Waals surface area contributed by atoms with Gasteiger partial charge in [-0.2, -0.15) is 0 Å². The van der Waals surface area contributed by atoms with E-state index >= 15 is 0 Å². The monoisotopic (exact) mass is 241 g/mol. The standard InChI is InChI=1S/C12H16ClNO2/c1-4-8(2)14-12(15)10-6-5-9(16-3)7-11(10)13/h5-8H,4H2,1-3H3,(H,14,15). The number of benzene rings is 1. The average Bonchev–Trinajstić information content (AvgIpc) is 2.28. The summed E-state index contributed by atoms with van der Waals surface area (Å²) in [6.45, 7) is 3.97. The minimum atomic E-state index is -0.151. The van der Waals surface area contributed by atoms with Crippen LogP contribution in [-0.2, 0) is 0 Å². The van der Waals surface area contributed by atoms with Crippen molar-refractivity contribution in [2.24, 2.45) is 0 Å². The highest BCUT2D eigenvalue weighted by Gasteiger charge is 2.12. The van der Waals surface area contributed by atoms with E-state index < -0.39 is 0 Å². The minimum Gasteiger partial charge on any atom is -0.497 e. The van der Waals surface area contributed by atoms with Crippen LogP contribution in [0.25, 0.3) is 0 Å². The summed E-state index contributed by atoms with van der Waals surface area (Å²) in [5.41, 5.74) is 0.475. The number of hydrogen-bond donors (Lipinski definition) is 1. The number of ether oxygens (including phenoxy) is 1. The third-order valence-electron chi connectivity index (χ3n) is 2.41. The van der Waals surface area contributed by atoms with Crippen molar-refractivity contribution < 1.29 is 9.53 Å². The molecule has 0 aliphatic carbocycles. The molecule has 4 heteroatoms. The van der Waals surface area contributed by atoms with Gasteiger partial charge in [-0.3, -0.25) is 4.79 Å². The fourth-order valence-corrected chi connectivity index (χ4v) is 1.47. The summed E-state index contributed by atoms with van der Waals surface area (Å²) in [6.07, 6.45) is 0.888. The number of carbonyl (C=O) groups excluding carboxylic acids is 1. The van der Waals surface area contributed by atoms with Crippen LogP contribution in [0, 0.1) is 0 Å². The molecular weight excluding hydrogens is 226 g/mol. The van der Waals surface area contributed by atoms with E-state index in [0.717, 1.165) is 6.42 Å². The fourth-order valence-electron chi connectivity index (χ4n) is 1.21. The van der Waals surface area contributed by atoms with Crippen molar-refractivity contribution in [1.82, 2.24) is 5.32 Å². The summed E-state index contributed by atoms with van der Waals surface area (Å²) in [7, 11) is 1.56. The molecule has 0 saturated heterocycles. The molecule has 0 heterocycles. The van der Waals surface area contributed by atoms with Crippen LogP contribution >= 0.6 is 11.6 Å². The first-order chi connectivity index (χ1) is 7.58. The molecule has 1 amide bonds. The summed E-state index contributed by atoms with van der Waals surface area (Å²) in [5.74, 6) is 0.493. The van der Waals surface area contributed by atoms with Crippen LogP contribution in [0.1, 0.15) is 30.6 Å². The van der Waals surface area contributed by atoms with Gasteiger partial charge in [-0.1, -0.05) is 18.5 Å². The number of carbonyl (C=O) groups is 1. The van der Waals surface area contributed by atoms with Crippen LogP contribution in [0.5, 0.6) is 5.75 Å². The predicted octanol–water partition coefficient (Wildman–Crippen LogP) is 2.88. The van der Waals surface area contributed by atoms with Crippen LogP contribution in [0.4, 0.5) is 0 Å². The lowest BCUT2D eigenvalue weighted by atomic mass is 10.1. The van der Waals surface area contributed by atoms with Gasteiger partial charge in [0.2, 0.25) is 0 Å². The Morgan fingerprint density at radius 2 is 2.25 bits per heavy atom. The van der Waals surface area contributed by atoms with Gasteiger partial charge in [0, 0.05) is 6.04 Å². The Kier molecular flexibility index (Phi) is 4.62. The van der Waals surface area contributed by atoms with E-state index in [2.05, 4.69) is 5.32 Å². The number of rotatable bonds is 4. The van der Waals surface area contributed by atoms with Gasteiger partial charge in [-0.15, -0.1) is 0 Å². The van der Waals surface area contributed by atoms with E-state index in [4.69, 9.17) is 16.3 Å². The highest BCUT2D eigenvalue weighted by atomic mass is 35.5. The molecule has 0 saturated carbocycles. The Hall–Kier alpha value is -1.22. The van der Waals surface area contributed by atoms with Crippen molar-refractivity contribution in [2.45, 2.75) is 26.3 Å². The first-order valence-electron chi connectivity index (χ1n) is 5.22. The van der Waals surface area contributed by atoms with Crippen LogP contribution in [0.15, 0.2) is 18.2 Å². The highest BCUT2D eigenvalue weighted by Crippen LogP contribution is 2.22. The van der Waals surface area contributed by atoms with Gasteiger partial charge < -0.3 is 10.1 Å². The zero-order valence-electron chi connectivity index (χ0n) is 9.71. The van der Waals surface area contributed by atoms with Gasteiger partial charge >= 0.3 is 0 Å². The Bertz CT molecular complexity index is 379. The molecule has 0 bridgehead atoms. The van der Waals surface area contributed by atoms with E-state index in [1.165, 1.54) is 0 Å². The molecule has 1 rings (SSSR count). The number of methoxy groups -OCH3 is 1. The Morgan fingerprint density at radius 3 is 2.75 bits per heavy atom. The van der Waals surface area contributed by atoms with Gasteiger partial charge in [-0.25, -0.2) is 0 Å². The first kappa shape index (κ1) is 12.8. The van der Waals surface area contributed by atoms with Crippen molar-refractivity contribution >= 4 is 17.5 Å². The molecule has 1 aromatic rings. The topological polar surface area (TPSA) is 38.3 Å². The second-order valence-corrected chi connectivity index (χ2v) is 4.04. The molecule has 0 radical (unpaired) electrons. The predicted molar refractivity (Wildman–Crippen MR) is 65.2 cm³/mol. The highest BCUT2D eigenvalue weighted by molar-refractivity contribution is 6.34. The number of nitrogens with one attached hydrogen (secondary N) is 1. The fraction of sp³-hybridized carbons (Fsp3) is 0.417. The van der Waals surface area contributed by atoms with Crippen molar-refractivity contribution in [3.05, 3.63) is 28.8 Å². The van der Waals surface area contributed by atoms with E-state index in [0.29, 0.717) is 16.3 Å². The number of hydrogen-bond acceptors (Lipinski definition) is 2. The van der Waals surface area contributed by atoms with Crippen LogP contribution in [-0.4, -0.2) is 19.1 Å². The van der Waals surface area contributed by atoms with Gasteiger partial charge in [0.05, 0.1) is 17.7 Å². The van der Waals surface area contributed by atoms with E-state index in [9.17, 15) is 4.79 Å². The summed E-state index contributed by atoms with van der Waals surface area (Å²) in [4.78, 5) is 11.8. The Morgan fingerprint density at radius 1 is 1.56 bits per heavy atom. The maximum Gasteiger partial charge on any atom is 0.253 e. The van der Waals surface area contributed by atoms with Crippen LogP contribution in [0.2, 0.25) is 5.02 Å². The van der Waals surface area contributed by atoms with Crippen molar-refractivity contribution in [1.29, 1.82) is 0 Å². The lowest BCUT2D eigenvalue weighted by Crippen LogP contribution is -2.32. The number of halogens is 1. The third-order valence-corrected chi connectivity index (χ3v) is 2.72. The molecule has 88 valence electrons. The minimum absolute atomic E-state index is 0.144. The maximum absolute atomic E-state index is 11.8. The van der Waals surface area contributed by atoms with Gasteiger partial charge in [0.15, 0.2) is 0 Å². The molecule has 1 unspecified atom stereocenters. The van der Waals surface area contributed by atoms with Crippen LogP contribution < -0.4 is 10.1 Å². The zero-order valence-corrected chi connectivity index (χ0v) is 10.5. The molecule has 3 nitrogen and oxygen atoms in total. The SMILES string of the molecule is CCC(C)NC(=O)c1ccc(OC)cc1Cl. The number of amides is 1. The Labute approximate surface area is 101 Å². The smallest absolute Gasteiger partial charge is 0.253 e. The van der Waals surface area contributed by atoms with Gasteiger partial charge in [0.1, 0.15) is 5.75 Å². The molecular formula is C12H16ClNO2. The summed E-state index contributed by atoms with van der Waals surface area (Å²) in [6, 6.07) is 5.16. The van der Waals surface area contributed by atoms with Crippen molar-refractivity contribution in [2.75, 3.05) is 7.11 Å². The largest absolute Gasteiger partial charge is 0.497 e. The van der Waals surface area contributed by atoms with Gasteiger partial charge in [0.25, 0.3) is 5.91 Å². The van der Waals surface area contributed by atoms with Crippen molar-refractivity contribution in [3.63, 3.8) is 0 Å². The van der Waals surface area contributed by atoms with Crippen molar-refractivity contribution in [3.8, 4) is 5.75 Å². The molecule has 1 N–H and O–H groups in total. The molecule has 1 aromatic carbocycles. The molecule has 0 aromatic heterocycles. The van der Waals surface area contributed by atoms with E-state index in [1.807, 2.05) is 13.8 Å². The molecule has 0 fully saturated rings. The molecule has 0 aliphatic heterocycles.